The zero-order valence-electron chi connectivity index (χ0n) is 23.9. The average molecular weight is 577 g/mol. The first-order valence-corrected chi connectivity index (χ1v) is 14.0. The molecule has 5 rings (SSSR count). The molecule has 10 heteroatoms. The smallest absolute Gasteiger partial charge is 0.275 e. The van der Waals surface area contributed by atoms with Crippen LogP contribution in [0.5, 0.6) is 0 Å². The number of para-hydroxylation sites is 1. The Labute approximate surface area is 243 Å². The van der Waals surface area contributed by atoms with Crippen molar-refractivity contribution in [3.63, 3.8) is 0 Å². The second-order valence-corrected chi connectivity index (χ2v) is 10.9. The normalized spacial score (nSPS) is 18.1. The van der Waals surface area contributed by atoms with Crippen molar-refractivity contribution >= 4 is 34.7 Å². The van der Waals surface area contributed by atoms with Gasteiger partial charge in [-0.3, -0.25) is 14.4 Å². The largest absolute Gasteiger partial charge is 0.469 e. The Morgan fingerprint density at radius 2 is 1.69 bits per heavy atom. The van der Waals surface area contributed by atoms with Gasteiger partial charge in [0, 0.05) is 60.6 Å². The highest BCUT2D eigenvalue weighted by Gasteiger charge is 2.42. The lowest BCUT2D eigenvalue weighted by molar-refractivity contribution is -0.127. The summed E-state index contributed by atoms with van der Waals surface area (Å²) in [5, 5.41) is 2.76. The van der Waals surface area contributed by atoms with E-state index in [0.717, 1.165) is 18.9 Å². The Hall–Kier alpha value is -4.31. The fraction of sp³-hybridized carbons (Fsp3) is 0.344. The van der Waals surface area contributed by atoms with Crippen LogP contribution in [-0.4, -0.2) is 73.2 Å². The molecular formula is C32H34F2N4O4. The predicted octanol–water partition coefficient (Wildman–Crippen LogP) is 5.46. The maximum atomic E-state index is 15.6. The van der Waals surface area contributed by atoms with Gasteiger partial charge in [0.2, 0.25) is 5.91 Å². The van der Waals surface area contributed by atoms with Crippen molar-refractivity contribution in [2.24, 2.45) is 0 Å². The number of carbonyl (C=O) groups is 3. The molecule has 0 atom stereocenters. The SMILES string of the molecule is Cc1occc1C(=O)Nc1ccc(C(=O)N2CCC(F)(F)/C(=C\C(=O)N3CCC(N(C)C)CC3)c3ccccc32)cc1. The van der Waals surface area contributed by atoms with E-state index < -0.39 is 24.2 Å². The van der Waals surface area contributed by atoms with Gasteiger partial charge in [-0.1, -0.05) is 18.2 Å². The number of piperidine rings is 1. The van der Waals surface area contributed by atoms with Gasteiger partial charge in [-0.25, -0.2) is 8.78 Å². The maximum absolute atomic E-state index is 15.6. The molecule has 3 amide bonds. The van der Waals surface area contributed by atoms with E-state index >= 15 is 8.78 Å². The third kappa shape index (κ3) is 5.99. The molecule has 1 saturated heterocycles. The van der Waals surface area contributed by atoms with Gasteiger partial charge in [-0.2, -0.15) is 0 Å². The molecule has 1 N–H and O–H groups in total. The van der Waals surface area contributed by atoms with Gasteiger partial charge < -0.3 is 24.4 Å². The first-order valence-electron chi connectivity index (χ1n) is 14.0. The molecule has 220 valence electrons. The summed E-state index contributed by atoms with van der Waals surface area (Å²) in [7, 11) is 3.99. The Morgan fingerprint density at radius 1 is 1.00 bits per heavy atom. The molecule has 42 heavy (non-hydrogen) atoms. The molecule has 1 aromatic heterocycles. The van der Waals surface area contributed by atoms with Crippen LogP contribution in [0, 0.1) is 6.92 Å². The Balaban J connectivity index is 1.38. The highest BCUT2D eigenvalue weighted by molar-refractivity contribution is 6.10. The van der Waals surface area contributed by atoms with Gasteiger partial charge >= 0.3 is 0 Å². The Kier molecular flexibility index (Phi) is 8.27. The molecular weight excluding hydrogens is 542 g/mol. The summed E-state index contributed by atoms with van der Waals surface area (Å²) in [6.07, 6.45) is 3.42. The summed E-state index contributed by atoms with van der Waals surface area (Å²) in [4.78, 5) is 44.4. The standard InChI is InChI=1S/C32H34F2N4O4/c1-21-25(14-19-42-21)30(40)35-23-10-8-22(9-11-23)31(41)38-18-15-32(33,34)27(26-6-4-5-7-28(26)38)20-29(39)37-16-12-24(13-17-37)36(2)3/h4-11,14,19-20,24H,12-13,15-18H2,1-3H3,(H,35,40)/b27-20-. The third-order valence-electron chi connectivity index (χ3n) is 8.04. The average Bonchev–Trinajstić information content (AvgIpc) is 3.38. The Morgan fingerprint density at radius 3 is 2.33 bits per heavy atom. The number of fused-ring (bicyclic) bond motifs is 1. The second kappa shape index (κ2) is 11.9. The lowest BCUT2D eigenvalue weighted by Crippen LogP contribution is -2.44. The van der Waals surface area contributed by atoms with Gasteiger partial charge in [0.1, 0.15) is 5.76 Å². The van der Waals surface area contributed by atoms with E-state index in [0.29, 0.717) is 41.8 Å². The van der Waals surface area contributed by atoms with Crippen LogP contribution in [0.3, 0.4) is 0 Å². The molecule has 0 spiro atoms. The summed E-state index contributed by atoms with van der Waals surface area (Å²) >= 11 is 0. The van der Waals surface area contributed by atoms with Crippen LogP contribution in [0.15, 0.2) is 71.4 Å². The third-order valence-corrected chi connectivity index (χ3v) is 8.04. The van der Waals surface area contributed by atoms with E-state index in [4.69, 9.17) is 4.42 Å². The number of furan rings is 1. The molecule has 3 heterocycles. The van der Waals surface area contributed by atoms with E-state index in [-0.39, 0.29) is 29.2 Å². The molecule has 8 nitrogen and oxygen atoms in total. The highest BCUT2D eigenvalue weighted by Crippen LogP contribution is 2.43. The van der Waals surface area contributed by atoms with E-state index in [2.05, 4.69) is 10.2 Å². The van der Waals surface area contributed by atoms with Crippen LogP contribution in [0.1, 0.15) is 51.3 Å². The van der Waals surface area contributed by atoms with Crippen LogP contribution in [0.4, 0.5) is 20.2 Å². The number of alkyl halides is 2. The number of nitrogens with one attached hydrogen (secondary N) is 1. The number of allylic oxidation sites excluding steroid dienone is 1. The minimum atomic E-state index is -3.32. The number of likely N-dealkylation sites (tertiary alicyclic amines) is 1. The number of nitrogens with zero attached hydrogens (tertiary/aromatic N) is 3. The number of aryl methyl sites for hydroxylation is 1. The van der Waals surface area contributed by atoms with Crippen molar-refractivity contribution in [3.05, 3.63) is 89.4 Å². The Bertz CT molecular complexity index is 1500. The van der Waals surface area contributed by atoms with Crippen LogP contribution < -0.4 is 10.2 Å². The first kappa shape index (κ1) is 29.2. The van der Waals surface area contributed by atoms with Crippen LogP contribution in [0.25, 0.3) is 5.57 Å². The lowest BCUT2D eigenvalue weighted by atomic mass is 9.96. The van der Waals surface area contributed by atoms with Crippen LogP contribution in [0.2, 0.25) is 0 Å². The number of benzene rings is 2. The molecule has 0 aliphatic carbocycles. The highest BCUT2D eigenvalue weighted by atomic mass is 19.3. The van der Waals surface area contributed by atoms with Crippen molar-refractivity contribution in [3.8, 4) is 0 Å². The van der Waals surface area contributed by atoms with Gasteiger partial charge in [0.05, 0.1) is 17.5 Å². The minimum Gasteiger partial charge on any atom is -0.469 e. The fourth-order valence-electron chi connectivity index (χ4n) is 5.52. The van der Waals surface area contributed by atoms with E-state index in [9.17, 15) is 14.4 Å². The number of hydrogen-bond acceptors (Lipinski definition) is 5. The number of rotatable bonds is 5. The molecule has 0 bridgehead atoms. The van der Waals surface area contributed by atoms with Crippen LogP contribution in [-0.2, 0) is 4.79 Å². The summed E-state index contributed by atoms with van der Waals surface area (Å²) in [6, 6.07) is 14.6. The van der Waals surface area contributed by atoms with Gasteiger partial charge in [-0.05, 0) is 70.3 Å². The van der Waals surface area contributed by atoms with Crippen molar-refractivity contribution in [1.82, 2.24) is 9.80 Å². The molecule has 0 radical (unpaired) electrons. The first-order chi connectivity index (χ1) is 20.0. The number of anilines is 2. The number of hydrogen-bond donors (Lipinski definition) is 1. The lowest BCUT2D eigenvalue weighted by Gasteiger charge is -2.35. The molecule has 0 saturated carbocycles. The van der Waals surface area contributed by atoms with E-state index in [1.165, 1.54) is 17.2 Å². The summed E-state index contributed by atoms with van der Waals surface area (Å²) in [5.41, 5.74) is 1.25. The van der Waals surface area contributed by atoms with Crippen LogP contribution >= 0.6 is 0 Å². The maximum Gasteiger partial charge on any atom is 0.275 e. The second-order valence-electron chi connectivity index (χ2n) is 10.9. The quantitative estimate of drug-likeness (QED) is 0.408. The van der Waals surface area contributed by atoms with Crippen molar-refractivity contribution in [2.75, 3.05) is 43.9 Å². The minimum absolute atomic E-state index is 0.157. The summed E-state index contributed by atoms with van der Waals surface area (Å²) in [5.74, 6) is -4.08. The van der Waals surface area contributed by atoms with Gasteiger partial charge in [-0.15, -0.1) is 0 Å². The van der Waals surface area contributed by atoms with E-state index in [1.807, 2.05) is 14.1 Å². The van der Waals surface area contributed by atoms with E-state index in [1.54, 1.807) is 60.4 Å². The summed E-state index contributed by atoms with van der Waals surface area (Å²) in [6.45, 7) is 2.45. The molecule has 3 aromatic rings. The molecule has 2 aliphatic heterocycles. The number of amides is 3. The zero-order chi connectivity index (χ0) is 30.0. The fourth-order valence-corrected chi connectivity index (χ4v) is 5.52. The van der Waals surface area contributed by atoms with Gasteiger partial charge in [0.25, 0.3) is 17.7 Å². The van der Waals surface area contributed by atoms with Crippen molar-refractivity contribution in [2.45, 2.75) is 38.2 Å². The van der Waals surface area contributed by atoms with Crippen molar-refractivity contribution in [1.29, 1.82) is 0 Å². The van der Waals surface area contributed by atoms with Gasteiger partial charge in [0.15, 0.2) is 0 Å². The number of carbonyl (C=O) groups excluding carboxylic acids is 3. The predicted molar refractivity (Wildman–Crippen MR) is 157 cm³/mol. The molecule has 2 aliphatic rings. The van der Waals surface area contributed by atoms with Crippen molar-refractivity contribution < 1.29 is 27.6 Å². The summed E-state index contributed by atoms with van der Waals surface area (Å²) < 4.78 is 36.4. The number of halogens is 2. The molecule has 0 unspecified atom stereocenters. The molecule has 1 fully saturated rings. The monoisotopic (exact) mass is 576 g/mol. The molecule has 2 aromatic carbocycles. The topological polar surface area (TPSA) is 86.1 Å². The zero-order valence-corrected chi connectivity index (χ0v) is 23.9.